The SMILES string of the molecule is CCOC(=O)C1=C(C)N=c2s/c(=C\c3cc(Br)ccc3O)c(=O)n2[C@H]1c1cc(OC)c(OC)cc1Br. The zero-order valence-electron chi connectivity index (χ0n) is 19.8. The van der Waals surface area contributed by atoms with Gasteiger partial charge in [-0.3, -0.25) is 9.36 Å². The molecule has 11 heteroatoms. The van der Waals surface area contributed by atoms with Gasteiger partial charge in [0.2, 0.25) is 0 Å². The van der Waals surface area contributed by atoms with Crippen molar-refractivity contribution in [3.05, 3.63) is 81.4 Å². The first kappa shape index (κ1) is 26.2. The number of thiazole rings is 1. The number of aromatic hydroxyl groups is 1. The van der Waals surface area contributed by atoms with E-state index < -0.39 is 12.0 Å². The molecule has 0 unspecified atom stereocenters. The van der Waals surface area contributed by atoms with Crippen molar-refractivity contribution in [1.82, 2.24) is 4.57 Å². The highest BCUT2D eigenvalue weighted by atomic mass is 79.9. The van der Waals surface area contributed by atoms with Crippen LogP contribution in [0.15, 0.2) is 60.3 Å². The lowest BCUT2D eigenvalue weighted by atomic mass is 9.95. The Labute approximate surface area is 227 Å². The largest absolute Gasteiger partial charge is 0.507 e. The molecule has 0 aliphatic carbocycles. The van der Waals surface area contributed by atoms with Crippen LogP contribution >= 0.6 is 43.2 Å². The average molecular weight is 638 g/mol. The number of carbonyl (C=O) groups excluding carboxylic acids is 1. The van der Waals surface area contributed by atoms with E-state index in [2.05, 4.69) is 36.9 Å². The molecule has 1 aliphatic rings. The number of fused-ring (bicyclic) bond motifs is 1. The van der Waals surface area contributed by atoms with Gasteiger partial charge in [0.25, 0.3) is 5.56 Å². The van der Waals surface area contributed by atoms with Gasteiger partial charge in [0, 0.05) is 14.5 Å². The normalized spacial score (nSPS) is 15.4. The number of carbonyl (C=O) groups is 1. The Bertz CT molecular complexity index is 1570. The number of hydrogen-bond donors (Lipinski definition) is 1. The van der Waals surface area contributed by atoms with Crippen LogP contribution < -0.4 is 24.4 Å². The van der Waals surface area contributed by atoms with E-state index >= 15 is 0 Å². The molecule has 0 saturated heterocycles. The van der Waals surface area contributed by atoms with Gasteiger partial charge in [0.05, 0.1) is 42.7 Å². The number of aromatic nitrogens is 1. The molecule has 0 bridgehead atoms. The minimum Gasteiger partial charge on any atom is -0.507 e. The van der Waals surface area contributed by atoms with Crippen LogP contribution in [0.5, 0.6) is 17.2 Å². The van der Waals surface area contributed by atoms with Crippen LogP contribution in [0.2, 0.25) is 0 Å². The van der Waals surface area contributed by atoms with Gasteiger partial charge < -0.3 is 19.3 Å². The third kappa shape index (κ3) is 4.74. The number of hydrogen-bond acceptors (Lipinski definition) is 8. The van der Waals surface area contributed by atoms with Gasteiger partial charge in [-0.05, 0) is 55.8 Å². The maximum atomic E-state index is 13.8. The first-order valence-corrected chi connectivity index (χ1v) is 13.2. The Morgan fingerprint density at radius 3 is 2.56 bits per heavy atom. The Morgan fingerprint density at radius 2 is 1.89 bits per heavy atom. The third-order valence-corrected chi connectivity index (χ3v) is 7.75. The Morgan fingerprint density at radius 1 is 1.19 bits per heavy atom. The monoisotopic (exact) mass is 636 g/mol. The zero-order valence-corrected chi connectivity index (χ0v) is 23.8. The molecule has 4 rings (SSSR count). The zero-order chi connectivity index (χ0) is 26.1. The van der Waals surface area contributed by atoms with E-state index in [4.69, 9.17) is 14.2 Å². The summed E-state index contributed by atoms with van der Waals surface area (Å²) in [5, 5.41) is 10.3. The second-order valence-electron chi connectivity index (χ2n) is 7.73. The minimum absolute atomic E-state index is 0.0339. The van der Waals surface area contributed by atoms with E-state index in [0.717, 1.165) is 4.47 Å². The summed E-state index contributed by atoms with van der Waals surface area (Å²) in [7, 11) is 3.04. The molecule has 1 aromatic heterocycles. The molecular weight excluding hydrogens is 616 g/mol. The van der Waals surface area contributed by atoms with E-state index in [1.54, 1.807) is 50.3 Å². The molecule has 3 aromatic rings. The van der Waals surface area contributed by atoms with Gasteiger partial charge in [-0.2, -0.15) is 0 Å². The standard InChI is InChI=1S/C25H22Br2N2O6S/c1-5-35-24(32)21-12(2)28-25-29(22(21)15-10-18(33-3)19(34-4)11-16(15)27)23(31)20(36-25)9-13-8-14(26)6-7-17(13)30/h6-11,22,30H,5H2,1-4H3/b20-9-/t22-/m0/s1. The Kier molecular flexibility index (Phi) is 7.72. The van der Waals surface area contributed by atoms with Crippen molar-refractivity contribution in [3.8, 4) is 17.2 Å². The predicted octanol–water partition coefficient (Wildman–Crippen LogP) is 4.05. The lowest BCUT2D eigenvalue weighted by Gasteiger charge is -2.26. The maximum absolute atomic E-state index is 13.8. The van der Waals surface area contributed by atoms with Gasteiger partial charge >= 0.3 is 5.97 Å². The molecule has 0 fully saturated rings. The Balaban J connectivity index is 2.03. The van der Waals surface area contributed by atoms with E-state index in [1.807, 2.05) is 0 Å². The highest BCUT2D eigenvalue weighted by molar-refractivity contribution is 9.10. The first-order chi connectivity index (χ1) is 17.2. The number of esters is 1. The number of methoxy groups -OCH3 is 2. The molecule has 0 saturated carbocycles. The number of rotatable bonds is 6. The van der Waals surface area contributed by atoms with Crippen molar-refractivity contribution in [2.45, 2.75) is 19.9 Å². The summed E-state index contributed by atoms with van der Waals surface area (Å²) >= 11 is 8.14. The molecule has 0 amide bonds. The second-order valence-corrected chi connectivity index (χ2v) is 10.5. The first-order valence-electron chi connectivity index (χ1n) is 10.8. The average Bonchev–Trinajstić information content (AvgIpc) is 3.14. The second kappa shape index (κ2) is 10.6. The van der Waals surface area contributed by atoms with E-state index in [0.29, 0.717) is 42.1 Å². The van der Waals surface area contributed by atoms with Crippen LogP contribution in [0, 0.1) is 0 Å². The summed E-state index contributed by atoms with van der Waals surface area (Å²) in [6, 6.07) is 7.57. The number of benzene rings is 2. The minimum atomic E-state index is -0.840. The molecule has 188 valence electrons. The van der Waals surface area contributed by atoms with Crippen LogP contribution in [0.1, 0.15) is 31.0 Å². The highest BCUT2D eigenvalue weighted by Gasteiger charge is 2.35. The molecule has 1 N–H and O–H groups in total. The molecule has 2 aromatic carbocycles. The topological polar surface area (TPSA) is 99.4 Å². The van der Waals surface area contributed by atoms with Crippen LogP contribution in [-0.4, -0.2) is 36.5 Å². The lowest BCUT2D eigenvalue weighted by molar-refractivity contribution is -0.139. The number of halogens is 2. The summed E-state index contributed by atoms with van der Waals surface area (Å²) in [5.74, 6) is 0.398. The molecule has 36 heavy (non-hydrogen) atoms. The van der Waals surface area contributed by atoms with Crippen molar-refractivity contribution in [2.75, 3.05) is 20.8 Å². The number of nitrogens with zero attached hydrogens (tertiary/aromatic N) is 2. The molecule has 1 atom stereocenters. The van der Waals surface area contributed by atoms with Gasteiger partial charge in [0.15, 0.2) is 16.3 Å². The predicted molar refractivity (Wildman–Crippen MR) is 143 cm³/mol. The fourth-order valence-electron chi connectivity index (χ4n) is 3.95. The van der Waals surface area contributed by atoms with Gasteiger partial charge in [-0.25, -0.2) is 9.79 Å². The summed E-state index contributed by atoms with van der Waals surface area (Å²) < 4.78 is 19.4. The van der Waals surface area contributed by atoms with Crippen molar-refractivity contribution in [1.29, 1.82) is 0 Å². The quantitative estimate of drug-likeness (QED) is 0.410. The molecule has 0 spiro atoms. The van der Waals surface area contributed by atoms with Crippen molar-refractivity contribution < 1.29 is 24.1 Å². The van der Waals surface area contributed by atoms with Crippen molar-refractivity contribution >= 4 is 55.2 Å². The maximum Gasteiger partial charge on any atom is 0.338 e. The van der Waals surface area contributed by atoms with Crippen molar-refractivity contribution in [2.24, 2.45) is 4.99 Å². The van der Waals surface area contributed by atoms with E-state index in [9.17, 15) is 14.7 Å². The lowest BCUT2D eigenvalue weighted by Crippen LogP contribution is -2.40. The van der Waals surface area contributed by atoms with Crippen LogP contribution in [0.3, 0.4) is 0 Å². The third-order valence-electron chi connectivity index (χ3n) is 5.59. The van der Waals surface area contributed by atoms with Gasteiger partial charge in [-0.1, -0.05) is 43.2 Å². The number of allylic oxidation sites excluding steroid dienone is 1. The molecule has 1 aliphatic heterocycles. The van der Waals surface area contributed by atoms with Gasteiger partial charge in [0.1, 0.15) is 5.75 Å². The summed E-state index contributed by atoms with van der Waals surface area (Å²) in [4.78, 5) is 31.9. The highest BCUT2D eigenvalue weighted by Crippen LogP contribution is 2.40. The summed E-state index contributed by atoms with van der Waals surface area (Å²) in [5.41, 5.74) is 1.40. The van der Waals surface area contributed by atoms with Crippen LogP contribution in [-0.2, 0) is 9.53 Å². The molecule has 2 heterocycles. The van der Waals surface area contributed by atoms with Crippen LogP contribution in [0.25, 0.3) is 6.08 Å². The summed E-state index contributed by atoms with van der Waals surface area (Å²) in [6.45, 7) is 3.60. The van der Waals surface area contributed by atoms with Gasteiger partial charge in [-0.15, -0.1) is 0 Å². The van der Waals surface area contributed by atoms with Crippen molar-refractivity contribution in [3.63, 3.8) is 0 Å². The van der Waals surface area contributed by atoms with Crippen LogP contribution in [0.4, 0.5) is 0 Å². The number of phenols is 1. The summed E-state index contributed by atoms with van der Waals surface area (Å²) in [6.07, 6.45) is 1.61. The molecular formula is C25H22Br2N2O6S. The Hall–Kier alpha value is -2.89. The molecule has 0 radical (unpaired) electrons. The fourth-order valence-corrected chi connectivity index (χ4v) is 5.90. The number of phenolic OH excluding ortho intramolecular Hbond substituents is 1. The van der Waals surface area contributed by atoms with E-state index in [-0.39, 0.29) is 23.5 Å². The van der Waals surface area contributed by atoms with E-state index in [1.165, 1.54) is 30.1 Å². The smallest absolute Gasteiger partial charge is 0.338 e. The molecule has 8 nitrogen and oxygen atoms in total. The fraction of sp³-hybridized carbons (Fsp3) is 0.240. The number of ether oxygens (including phenoxy) is 3.